The molecule has 0 N–H and O–H groups in total. The SMILES string of the molecule is Br.CCc1nc(-c2ccc(Cl)cc2)cs1. The molecule has 15 heavy (non-hydrogen) atoms. The molecule has 0 fully saturated rings. The predicted molar refractivity (Wildman–Crippen MR) is 72.3 cm³/mol. The number of benzene rings is 1. The smallest absolute Gasteiger partial charge is 0.0929 e. The van der Waals surface area contributed by atoms with Gasteiger partial charge in [-0.05, 0) is 18.6 Å². The van der Waals surface area contributed by atoms with E-state index in [2.05, 4.69) is 17.3 Å². The molecule has 0 saturated carbocycles. The summed E-state index contributed by atoms with van der Waals surface area (Å²) in [6.07, 6.45) is 0.998. The average Bonchev–Trinajstić information content (AvgIpc) is 2.67. The van der Waals surface area contributed by atoms with Crippen LogP contribution in [-0.4, -0.2) is 4.98 Å². The molecule has 2 rings (SSSR count). The highest BCUT2D eigenvalue weighted by molar-refractivity contribution is 8.93. The van der Waals surface area contributed by atoms with Crippen LogP contribution >= 0.6 is 39.9 Å². The Kier molecular flexibility index (Phi) is 4.77. The fraction of sp³-hybridized carbons (Fsp3) is 0.182. The molecule has 0 unspecified atom stereocenters. The minimum atomic E-state index is 0. The van der Waals surface area contributed by atoms with Gasteiger partial charge < -0.3 is 0 Å². The van der Waals surface area contributed by atoms with E-state index in [9.17, 15) is 0 Å². The fourth-order valence-electron chi connectivity index (χ4n) is 1.23. The van der Waals surface area contributed by atoms with Crippen LogP contribution in [0.3, 0.4) is 0 Å². The van der Waals surface area contributed by atoms with E-state index >= 15 is 0 Å². The first kappa shape index (κ1) is 12.7. The van der Waals surface area contributed by atoms with Crippen LogP contribution in [0.25, 0.3) is 11.3 Å². The van der Waals surface area contributed by atoms with Crippen LogP contribution < -0.4 is 0 Å². The normalized spacial score (nSPS) is 9.73. The Bertz CT molecular complexity index is 424. The van der Waals surface area contributed by atoms with E-state index in [1.54, 1.807) is 11.3 Å². The monoisotopic (exact) mass is 303 g/mol. The van der Waals surface area contributed by atoms with Crippen molar-refractivity contribution in [1.82, 2.24) is 4.98 Å². The average molecular weight is 305 g/mol. The summed E-state index contributed by atoms with van der Waals surface area (Å²) < 4.78 is 0. The van der Waals surface area contributed by atoms with E-state index in [1.165, 1.54) is 5.01 Å². The lowest BCUT2D eigenvalue weighted by molar-refractivity contribution is 1.10. The zero-order valence-corrected chi connectivity index (χ0v) is 11.5. The Balaban J connectivity index is 0.00000112. The quantitative estimate of drug-likeness (QED) is 0.790. The third kappa shape index (κ3) is 3.03. The maximum atomic E-state index is 5.81. The third-order valence-corrected chi connectivity index (χ3v) is 3.24. The van der Waals surface area contributed by atoms with Crippen molar-refractivity contribution in [3.63, 3.8) is 0 Å². The van der Waals surface area contributed by atoms with Crippen LogP contribution in [0.1, 0.15) is 11.9 Å². The van der Waals surface area contributed by atoms with E-state index in [0.29, 0.717) is 0 Å². The molecule has 1 heterocycles. The first-order chi connectivity index (χ1) is 6.79. The summed E-state index contributed by atoms with van der Waals surface area (Å²) in [7, 11) is 0. The second-order valence-corrected chi connectivity index (χ2v) is 4.37. The van der Waals surface area contributed by atoms with E-state index < -0.39 is 0 Å². The number of hydrogen-bond acceptors (Lipinski definition) is 2. The third-order valence-electron chi connectivity index (χ3n) is 1.99. The maximum absolute atomic E-state index is 5.81. The van der Waals surface area contributed by atoms with Gasteiger partial charge in [-0.2, -0.15) is 0 Å². The van der Waals surface area contributed by atoms with Gasteiger partial charge >= 0.3 is 0 Å². The van der Waals surface area contributed by atoms with Crippen LogP contribution in [-0.2, 0) is 6.42 Å². The Morgan fingerprint density at radius 1 is 1.27 bits per heavy atom. The predicted octanol–water partition coefficient (Wildman–Crippen LogP) is 4.60. The van der Waals surface area contributed by atoms with Crippen LogP contribution in [0.5, 0.6) is 0 Å². The van der Waals surface area contributed by atoms with Crippen molar-refractivity contribution < 1.29 is 0 Å². The number of aryl methyl sites for hydroxylation is 1. The highest BCUT2D eigenvalue weighted by atomic mass is 79.9. The molecule has 1 aromatic carbocycles. The van der Waals surface area contributed by atoms with Crippen molar-refractivity contribution in [2.45, 2.75) is 13.3 Å². The molecule has 0 aliphatic heterocycles. The summed E-state index contributed by atoms with van der Waals surface area (Å²) in [6, 6.07) is 7.78. The summed E-state index contributed by atoms with van der Waals surface area (Å²) in [6.45, 7) is 2.12. The van der Waals surface area contributed by atoms with Crippen LogP contribution in [0.15, 0.2) is 29.6 Å². The maximum Gasteiger partial charge on any atom is 0.0929 e. The zero-order chi connectivity index (χ0) is 9.97. The van der Waals surface area contributed by atoms with Crippen molar-refractivity contribution in [3.05, 3.63) is 39.7 Å². The molecule has 1 aromatic heterocycles. The molecule has 80 valence electrons. The van der Waals surface area contributed by atoms with Gasteiger partial charge in [0.15, 0.2) is 0 Å². The van der Waals surface area contributed by atoms with Gasteiger partial charge in [-0.3, -0.25) is 0 Å². The molecule has 0 atom stereocenters. The molecular weight excluding hydrogens is 294 g/mol. The van der Waals surface area contributed by atoms with Gasteiger partial charge in [0.2, 0.25) is 0 Å². The van der Waals surface area contributed by atoms with Crippen molar-refractivity contribution in [3.8, 4) is 11.3 Å². The van der Waals surface area contributed by atoms with Gasteiger partial charge in [0.05, 0.1) is 10.7 Å². The molecule has 0 spiro atoms. The second-order valence-electron chi connectivity index (χ2n) is 2.99. The number of thiazole rings is 1. The van der Waals surface area contributed by atoms with E-state index in [4.69, 9.17) is 11.6 Å². The molecule has 0 amide bonds. The number of hydrogen-bond donors (Lipinski definition) is 0. The van der Waals surface area contributed by atoms with Gasteiger partial charge in [0.1, 0.15) is 0 Å². The Hall–Kier alpha value is -0.380. The molecule has 2 aromatic rings. The van der Waals surface area contributed by atoms with Crippen molar-refractivity contribution >= 4 is 39.9 Å². The summed E-state index contributed by atoms with van der Waals surface area (Å²) >= 11 is 7.52. The summed E-state index contributed by atoms with van der Waals surface area (Å²) in [5.74, 6) is 0. The van der Waals surface area contributed by atoms with Crippen molar-refractivity contribution in [1.29, 1.82) is 0 Å². The van der Waals surface area contributed by atoms with E-state index in [0.717, 1.165) is 22.7 Å². The zero-order valence-electron chi connectivity index (χ0n) is 8.24. The molecule has 1 nitrogen and oxygen atoms in total. The Morgan fingerprint density at radius 2 is 1.93 bits per heavy atom. The number of aromatic nitrogens is 1. The first-order valence-electron chi connectivity index (χ1n) is 4.50. The van der Waals surface area contributed by atoms with E-state index in [-0.39, 0.29) is 17.0 Å². The number of halogens is 2. The summed E-state index contributed by atoms with van der Waals surface area (Å²) in [4.78, 5) is 4.50. The van der Waals surface area contributed by atoms with Gasteiger partial charge in [-0.15, -0.1) is 28.3 Å². The summed E-state index contributed by atoms with van der Waals surface area (Å²) in [5, 5.41) is 4.02. The number of nitrogens with zero attached hydrogens (tertiary/aromatic N) is 1. The lowest BCUT2D eigenvalue weighted by Gasteiger charge is -1.95. The topological polar surface area (TPSA) is 12.9 Å². The lowest BCUT2D eigenvalue weighted by Crippen LogP contribution is -1.79. The Morgan fingerprint density at radius 3 is 2.47 bits per heavy atom. The van der Waals surface area contributed by atoms with Crippen LogP contribution in [0.4, 0.5) is 0 Å². The van der Waals surface area contributed by atoms with Crippen LogP contribution in [0, 0.1) is 0 Å². The van der Waals surface area contributed by atoms with Crippen molar-refractivity contribution in [2.75, 3.05) is 0 Å². The molecule has 0 aliphatic rings. The first-order valence-corrected chi connectivity index (χ1v) is 5.75. The summed E-state index contributed by atoms with van der Waals surface area (Å²) in [5.41, 5.74) is 2.17. The van der Waals surface area contributed by atoms with Gasteiger partial charge in [0.25, 0.3) is 0 Å². The standard InChI is InChI=1S/C11H10ClNS.BrH/c1-2-11-13-10(7-14-11)8-3-5-9(12)6-4-8;/h3-7H,2H2,1H3;1H. The molecule has 4 heteroatoms. The highest BCUT2D eigenvalue weighted by Crippen LogP contribution is 2.23. The molecule has 0 saturated heterocycles. The number of rotatable bonds is 2. The van der Waals surface area contributed by atoms with Crippen LogP contribution in [0.2, 0.25) is 5.02 Å². The molecule has 0 aliphatic carbocycles. The fourth-order valence-corrected chi connectivity index (χ4v) is 2.11. The van der Waals surface area contributed by atoms with Gasteiger partial charge in [-0.1, -0.05) is 30.7 Å². The minimum absolute atomic E-state index is 0. The molecule has 0 bridgehead atoms. The highest BCUT2D eigenvalue weighted by Gasteiger charge is 2.02. The van der Waals surface area contributed by atoms with E-state index in [1.807, 2.05) is 24.3 Å². The van der Waals surface area contributed by atoms with Crippen molar-refractivity contribution in [2.24, 2.45) is 0 Å². The molecule has 0 radical (unpaired) electrons. The second kappa shape index (κ2) is 5.64. The Labute approximate surface area is 109 Å². The molecular formula is C11H11BrClNS. The van der Waals surface area contributed by atoms with Gasteiger partial charge in [0, 0.05) is 16.0 Å². The minimum Gasteiger partial charge on any atom is -0.241 e. The lowest BCUT2D eigenvalue weighted by atomic mass is 10.2. The largest absolute Gasteiger partial charge is 0.241 e. The van der Waals surface area contributed by atoms with Gasteiger partial charge in [-0.25, -0.2) is 4.98 Å².